The highest BCUT2D eigenvalue weighted by Crippen LogP contribution is 2.39. The van der Waals surface area contributed by atoms with Crippen molar-refractivity contribution in [2.45, 2.75) is 18.4 Å². The topological polar surface area (TPSA) is 72.6 Å². The summed E-state index contributed by atoms with van der Waals surface area (Å²) in [5.74, 6) is -2.47. The van der Waals surface area contributed by atoms with Gasteiger partial charge in [-0.3, -0.25) is 9.69 Å². The Balaban J connectivity index is 1.54. The Hall–Kier alpha value is -4.07. The number of benzene rings is 3. The number of primary amides is 1. The number of nitrogens with zero attached hydrogens (tertiary/aromatic N) is 1. The van der Waals surface area contributed by atoms with E-state index in [1.165, 1.54) is 41.3 Å². The lowest BCUT2D eigenvalue weighted by Gasteiger charge is -2.41. The summed E-state index contributed by atoms with van der Waals surface area (Å²) in [4.78, 5) is 26.0. The summed E-state index contributed by atoms with van der Waals surface area (Å²) >= 11 is 0. The average molecular weight is 466 g/mol. The van der Waals surface area contributed by atoms with Gasteiger partial charge in [0, 0.05) is 30.3 Å². The monoisotopic (exact) mass is 466 g/mol. The molecule has 34 heavy (non-hydrogen) atoms. The van der Waals surface area contributed by atoms with E-state index in [4.69, 9.17) is 10.5 Å². The van der Waals surface area contributed by atoms with E-state index in [1.807, 2.05) is 0 Å². The van der Waals surface area contributed by atoms with Crippen LogP contribution in [0.15, 0.2) is 73.3 Å². The molecule has 1 fully saturated rings. The van der Waals surface area contributed by atoms with Crippen molar-refractivity contribution in [2.24, 2.45) is 5.73 Å². The van der Waals surface area contributed by atoms with Gasteiger partial charge >= 0.3 is 6.09 Å². The Morgan fingerprint density at radius 3 is 2.24 bits per heavy atom. The van der Waals surface area contributed by atoms with Crippen molar-refractivity contribution in [1.29, 1.82) is 0 Å². The van der Waals surface area contributed by atoms with E-state index >= 15 is 0 Å². The Morgan fingerprint density at radius 1 is 1.00 bits per heavy atom. The van der Waals surface area contributed by atoms with Gasteiger partial charge in [0.1, 0.15) is 23.1 Å². The molecule has 1 atom stereocenters. The van der Waals surface area contributed by atoms with Crippen LogP contribution in [0.5, 0.6) is 0 Å². The SMILES string of the molecule is C=C(c1ccc(-c2ccc(F)cc2F)cc1)N1CC[C@](CC(N)=O)(c2ccc(F)cc2)OC1=O. The van der Waals surface area contributed by atoms with Crippen molar-refractivity contribution >= 4 is 17.7 Å². The highest BCUT2D eigenvalue weighted by Gasteiger charge is 2.44. The molecule has 0 aliphatic carbocycles. The summed E-state index contributed by atoms with van der Waals surface area (Å²) < 4.78 is 46.4. The van der Waals surface area contributed by atoms with Gasteiger partial charge in [0.15, 0.2) is 0 Å². The van der Waals surface area contributed by atoms with Gasteiger partial charge in [-0.2, -0.15) is 0 Å². The normalized spacial score (nSPS) is 17.9. The Morgan fingerprint density at radius 2 is 1.65 bits per heavy atom. The van der Waals surface area contributed by atoms with Crippen LogP contribution in [0.1, 0.15) is 24.0 Å². The maximum Gasteiger partial charge on any atom is 0.415 e. The van der Waals surface area contributed by atoms with Gasteiger partial charge in [-0.05, 0) is 41.0 Å². The quantitative estimate of drug-likeness (QED) is 0.532. The van der Waals surface area contributed by atoms with Crippen LogP contribution in [0.4, 0.5) is 18.0 Å². The molecule has 0 radical (unpaired) electrons. The zero-order chi connectivity index (χ0) is 24.5. The number of cyclic esters (lactones) is 1. The van der Waals surface area contributed by atoms with E-state index in [0.717, 1.165) is 6.07 Å². The minimum atomic E-state index is -1.31. The van der Waals surface area contributed by atoms with Gasteiger partial charge in [0.05, 0.1) is 6.42 Å². The smallest absolute Gasteiger partial charge is 0.415 e. The molecule has 0 unspecified atom stereocenters. The van der Waals surface area contributed by atoms with Gasteiger partial charge < -0.3 is 10.5 Å². The van der Waals surface area contributed by atoms with Crippen LogP contribution >= 0.6 is 0 Å². The lowest BCUT2D eigenvalue weighted by Crippen LogP contribution is -2.48. The van der Waals surface area contributed by atoms with Crippen molar-refractivity contribution in [3.05, 3.63) is 102 Å². The minimum Gasteiger partial charge on any atom is -0.437 e. The number of carbonyl (C=O) groups is 2. The van der Waals surface area contributed by atoms with E-state index in [2.05, 4.69) is 6.58 Å². The highest BCUT2D eigenvalue weighted by atomic mass is 19.1. The maximum atomic E-state index is 14.1. The first-order chi connectivity index (χ1) is 16.2. The molecule has 5 nitrogen and oxygen atoms in total. The van der Waals surface area contributed by atoms with Gasteiger partial charge in [0.2, 0.25) is 5.91 Å². The molecule has 1 heterocycles. The fraction of sp³-hybridized carbons (Fsp3) is 0.154. The first-order valence-corrected chi connectivity index (χ1v) is 10.5. The number of nitrogens with two attached hydrogens (primary N) is 1. The minimum absolute atomic E-state index is 0.177. The van der Waals surface area contributed by atoms with Gasteiger partial charge in [-0.1, -0.05) is 43.0 Å². The van der Waals surface area contributed by atoms with Crippen molar-refractivity contribution in [3.63, 3.8) is 0 Å². The van der Waals surface area contributed by atoms with Gasteiger partial charge in [0.25, 0.3) is 0 Å². The van der Waals surface area contributed by atoms with E-state index < -0.39 is 35.1 Å². The molecule has 8 heteroatoms. The van der Waals surface area contributed by atoms with Crippen molar-refractivity contribution in [1.82, 2.24) is 4.90 Å². The van der Waals surface area contributed by atoms with Crippen molar-refractivity contribution in [2.75, 3.05) is 6.54 Å². The molecule has 0 saturated carbocycles. The lowest BCUT2D eigenvalue weighted by molar-refractivity contribution is -0.125. The first kappa shape index (κ1) is 23.1. The van der Waals surface area contributed by atoms with Crippen LogP contribution in [0.3, 0.4) is 0 Å². The van der Waals surface area contributed by atoms with Crippen molar-refractivity contribution < 1.29 is 27.5 Å². The molecule has 2 N–H and O–H groups in total. The molecular weight excluding hydrogens is 445 g/mol. The van der Waals surface area contributed by atoms with Crippen LogP contribution < -0.4 is 5.73 Å². The summed E-state index contributed by atoms with van der Waals surface area (Å²) in [6.45, 7) is 4.16. The van der Waals surface area contributed by atoms with E-state index in [0.29, 0.717) is 22.4 Å². The summed E-state index contributed by atoms with van der Waals surface area (Å²) in [6.07, 6.45) is -0.746. The zero-order valence-corrected chi connectivity index (χ0v) is 18.1. The number of amides is 2. The van der Waals surface area contributed by atoms with E-state index in [1.54, 1.807) is 24.3 Å². The molecule has 2 amide bonds. The molecule has 1 aliphatic rings. The Labute approximate surface area is 194 Å². The summed E-state index contributed by atoms with van der Waals surface area (Å²) in [7, 11) is 0. The number of halogens is 3. The second kappa shape index (κ2) is 9.05. The van der Waals surface area contributed by atoms with Crippen LogP contribution in [0.25, 0.3) is 16.8 Å². The third kappa shape index (κ3) is 4.52. The molecule has 1 saturated heterocycles. The zero-order valence-electron chi connectivity index (χ0n) is 18.1. The van der Waals surface area contributed by atoms with Gasteiger partial charge in [-0.25, -0.2) is 18.0 Å². The second-order valence-electron chi connectivity index (χ2n) is 8.06. The molecular formula is C26H21F3N2O3. The Bertz CT molecular complexity index is 1260. The fourth-order valence-corrected chi connectivity index (χ4v) is 4.09. The fourth-order valence-electron chi connectivity index (χ4n) is 4.09. The van der Waals surface area contributed by atoms with E-state index in [-0.39, 0.29) is 24.9 Å². The number of hydrogen-bond donors (Lipinski definition) is 1. The van der Waals surface area contributed by atoms with Crippen LogP contribution in [0.2, 0.25) is 0 Å². The summed E-state index contributed by atoms with van der Waals surface area (Å²) in [6, 6.07) is 15.3. The third-order valence-electron chi connectivity index (χ3n) is 5.86. The molecule has 4 rings (SSSR count). The summed E-state index contributed by atoms with van der Waals surface area (Å²) in [5.41, 5.74) is 6.28. The van der Waals surface area contributed by atoms with Crippen LogP contribution in [0, 0.1) is 17.5 Å². The van der Waals surface area contributed by atoms with Crippen molar-refractivity contribution in [3.8, 4) is 11.1 Å². The molecule has 174 valence electrons. The standard InChI is InChI=1S/C26H21F3N2O3/c1-16(17-2-4-18(5-3-17)22-11-10-21(28)14-23(22)29)31-13-12-26(15-24(30)32,34-25(31)33)19-6-8-20(27)9-7-19/h2-11,14H,1,12-13,15H2,(H2,30,32)/t26-/m0/s1. The molecule has 0 aromatic heterocycles. The van der Waals surface area contributed by atoms with E-state index in [9.17, 15) is 22.8 Å². The van der Waals surface area contributed by atoms with Crippen LogP contribution in [-0.4, -0.2) is 23.4 Å². The lowest BCUT2D eigenvalue weighted by atomic mass is 9.85. The average Bonchev–Trinajstić information content (AvgIpc) is 2.79. The number of carbonyl (C=O) groups excluding carboxylic acids is 2. The molecule has 1 aliphatic heterocycles. The predicted molar refractivity (Wildman–Crippen MR) is 121 cm³/mol. The molecule has 3 aromatic rings. The number of rotatable bonds is 6. The second-order valence-corrected chi connectivity index (χ2v) is 8.06. The Kier molecular flexibility index (Phi) is 6.15. The highest BCUT2D eigenvalue weighted by molar-refractivity contribution is 5.84. The van der Waals surface area contributed by atoms with Gasteiger partial charge in [-0.15, -0.1) is 0 Å². The molecule has 3 aromatic carbocycles. The molecule has 0 spiro atoms. The van der Waals surface area contributed by atoms with Crippen LogP contribution in [-0.2, 0) is 15.1 Å². The summed E-state index contributed by atoms with van der Waals surface area (Å²) in [5, 5.41) is 0. The number of ether oxygens (including phenoxy) is 1. The predicted octanol–water partition coefficient (Wildman–Crippen LogP) is 5.35. The largest absolute Gasteiger partial charge is 0.437 e. The number of hydrogen-bond acceptors (Lipinski definition) is 3. The third-order valence-corrected chi connectivity index (χ3v) is 5.86. The first-order valence-electron chi connectivity index (χ1n) is 10.5. The maximum absolute atomic E-state index is 14.1. The molecule has 0 bridgehead atoms.